The molecule has 114 valence electrons. The van der Waals surface area contributed by atoms with Gasteiger partial charge in [-0.05, 0) is 45.8 Å². The fourth-order valence-corrected chi connectivity index (χ4v) is 3.15. The first-order chi connectivity index (χ1) is 10.6. The van der Waals surface area contributed by atoms with E-state index in [9.17, 15) is 0 Å². The van der Waals surface area contributed by atoms with Crippen LogP contribution in [0.4, 0.5) is 0 Å². The zero-order valence-corrected chi connectivity index (χ0v) is 15.4. The third-order valence-corrected chi connectivity index (χ3v) is 3.78. The number of hydrogen-bond donors (Lipinski definition) is 2. The minimum absolute atomic E-state index is 0.108. The number of ether oxygens (including phenoxy) is 1. The van der Waals surface area contributed by atoms with E-state index in [1.165, 1.54) is 0 Å². The predicted octanol–water partition coefficient (Wildman–Crippen LogP) is 3.96. The smallest absolute Gasteiger partial charge is 0.184 e. The van der Waals surface area contributed by atoms with Gasteiger partial charge in [-0.3, -0.25) is 5.43 Å². The molecule has 0 amide bonds. The van der Waals surface area contributed by atoms with Crippen molar-refractivity contribution in [2.24, 2.45) is 10.8 Å². The van der Waals surface area contributed by atoms with E-state index >= 15 is 0 Å². The summed E-state index contributed by atoms with van der Waals surface area (Å²) in [4.78, 5) is 0. The third-order valence-electron chi connectivity index (χ3n) is 2.64. The summed E-state index contributed by atoms with van der Waals surface area (Å²) in [5, 5.41) is 4.08. The zero-order chi connectivity index (χ0) is 15.9. The number of nitrogens with zero attached hydrogens (tertiary/aromatic N) is 1. The molecule has 0 aliphatic heterocycles. The largest absolute Gasteiger partial charge is 0.487 e. The van der Waals surface area contributed by atoms with Gasteiger partial charge < -0.3 is 10.5 Å². The molecule has 22 heavy (non-hydrogen) atoms. The molecule has 0 atom stereocenters. The Balaban J connectivity index is 2.21. The van der Waals surface area contributed by atoms with Gasteiger partial charge >= 0.3 is 0 Å². The summed E-state index contributed by atoms with van der Waals surface area (Å²) < 4.78 is 7.65. The highest BCUT2D eigenvalue weighted by Gasteiger charge is 2.09. The van der Waals surface area contributed by atoms with Crippen molar-refractivity contribution in [3.05, 3.63) is 62.5 Å². The number of nitrogens with one attached hydrogen (secondary N) is 1. The average molecular weight is 443 g/mol. The highest BCUT2D eigenvalue weighted by atomic mass is 79.9. The number of rotatable bonds is 5. The van der Waals surface area contributed by atoms with Crippen LogP contribution >= 0.6 is 44.1 Å². The van der Waals surface area contributed by atoms with Crippen LogP contribution in [0.2, 0.25) is 0 Å². The highest BCUT2D eigenvalue weighted by molar-refractivity contribution is 9.11. The second kappa shape index (κ2) is 8.26. The molecule has 0 fully saturated rings. The summed E-state index contributed by atoms with van der Waals surface area (Å²) in [5.41, 5.74) is 9.75. The van der Waals surface area contributed by atoms with Crippen LogP contribution in [0.3, 0.4) is 0 Å². The maximum atomic E-state index is 5.92. The van der Waals surface area contributed by atoms with E-state index < -0.39 is 0 Å². The van der Waals surface area contributed by atoms with Gasteiger partial charge in [0, 0.05) is 10.0 Å². The summed E-state index contributed by atoms with van der Waals surface area (Å²) >= 11 is 11.7. The van der Waals surface area contributed by atoms with Crippen molar-refractivity contribution in [2.75, 3.05) is 0 Å². The van der Waals surface area contributed by atoms with Crippen molar-refractivity contribution in [3.8, 4) is 5.75 Å². The van der Waals surface area contributed by atoms with Gasteiger partial charge in [-0.15, -0.1) is 0 Å². The molecular formula is C15H13Br2N3OS. The minimum atomic E-state index is 0.108. The van der Waals surface area contributed by atoms with Crippen LogP contribution in [-0.2, 0) is 6.61 Å². The Labute approximate surface area is 151 Å². The molecular weight excluding hydrogens is 430 g/mol. The van der Waals surface area contributed by atoms with Crippen molar-refractivity contribution in [3.63, 3.8) is 0 Å². The number of nitrogens with two attached hydrogens (primary N) is 1. The quantitative estimate of drug-likeness (QED) is 0.418. The molecule has 0 aliphatic rings. The van der Waals surface area contributed by atoms with Crippen LogP contribution in [0.15, 0.2) is 56.5 Å². The van der Waals surface area contributed by atoms with Gasteiger partial charge in [0.25, 0.3) is 0 Å². The highest BCUT2D eigenvalue weighted by Crippen LogP contribution is 2.32. The van der Waals surface area contributed by atoms with E-state index in [1.807, 2.05) is 42.5 Å². The monoisotopic (exact) mass is 441 g/mol. The lowest BCUT2D eigenvalue weighted by Gasteiger charge is -2.12. The number of hydrazone groups is 1. The third kappa shape index (κ3) is 5.08. The van der Waals surface area contributed by atoms with Gasteiger partial charge in [0.2, 0.25) is 0 Å². The number of thiocarbonyl (C=S) groups is 1. The number of hydrogen-bond acceptors (Lipinski definition) is 3. The fourth-order valence-electron chi connectivity index (χ4n) is 1.72. The van der Waals surface area contributed by atoms with Gasteiger partial charge in [0.15, 0.2) is 5.11 Å². The van der Waals surface area contributed by atoms with Crippen LogP contribution in [0.1, 0.15) is 11.1 Å². The topological polar surface area (TPSA) is 59.6 Å². The van der Waals surface area contributed by atoms with Crippen molar-refractivity contribution in [1.82, 2.24) is 5.43 Å². The molecule has 0 unspecified atom stereocenters. The van der Waals surface area contributed by atoms with Crippen LogP contribution in [0, 0.1) is 0 Å². The second-order valence-corrected chi connectivity index (χ2v) is 6.52. The molecule has 0 saturated carbocycles. The van der Waals surface area contributed by atoms with Crippen LogP contribution in [-0.4, -0.2) is 11.3 Å². The van der Waals surface area contributed by atoms with E-state index in [0.717, 1.165) is 20.1 Å². The maximum absolute atomic E-state index is 5.92. The Morgan fingerprint density at radius 3 is 2.68 bits per heavy atom. The molecule has 3 N–H and O–H groups in total. The lowest BCUT2D eigenvalue weighted by atomic mass is 10.2. The van der Waals surface area contributed by atoms with Crippen LogP contribution in [0.25, 0.3) is 0 Å². The molecule has 7 heteroatoms. The van der Waals surface area contributed by atoms with Gasteiger partial charge in [0.1, 0.15) is 12.4 Å². The predicted molar refractivity (Wildman–Crippen MR) is 100 cm³/mol. The van der Waals surface area contributed by atoms with Crippen molar-refractivity contribution >= 4 is 55.4 Å². The lowest BCUT2D eigenvalue weighted by Crippen LogP contribution is -2.24. The molecule has 0 aliphatic carbocycles. The average Bonchev–Trinajstić information content (AvgIpc) is 2.47. The van der Waals surface area contributed by atoms with E-state index in [4.69, 9.17) is 22.7 Å². The van der Waals surface area contributed by atoms with E-state index in [-0.39, 0.29) is 5.11 Å². The van der Waals surface area contributed by atoms with Gasteiger partial charge in [-0.25, -0.2) is 0 Å². The van der Waals surface area contributed by atoms with Crippen molar-refractivity contribution in [2.45, 2.75) is 6.61 Å². The second-order valence-electron chi connectivity index (χ2n) is 4.31. The van der Waals surface area contributed by atoms with E-state index in [0.29, 0.717) is 12.4 Å². The Morgan fingerprint density at radius 1 is 1.27 bits per heavy atom. The first kappa shape index (κ1) is 16.9. The fraction of sp³-hybridized carbons (Fsp3) is 0.0667. The Hall–Kier alpha value is -1.44. The van der Waals surface area contributed by atoms with Gasteiger partial charge in [-0.1, -0.05) is 46.3 Å². The zero-order valence-electron chi connectivity index (χ0n) is 11.4. The molecule has 4 nitrogen and oxygen atoms in total. The van der Waals surface area contributed by atoms with E-state index in [2.05, 4.69) is 42.4 Å². The van der Waals surface area contributed by atoms with Gasteiger partial charge in [-0.2, -0.15) is 5.10 Å². The number of halogens is 2. The Bertz CT molecular complexity index is 693. The van der Waals surface area contributed by atoms with Crippen LogP contribution < -0.4 is 15.9 Å². The molecule has 2 aromatic carbocycles. The SMILES string of the molecule is NC(=S)NN=Cc1cc(Br)cc(Br)c1OCc1ccccc1. The maximum Gasteiger partial charge on any atom is 0.184 e. The number of benzene rings is 2. The normalized spacial score (nSPS) is 10.6. The van der Waals surface area contributed by atoms with Gasteiger partial charge in [0.05, 0.1) is 10.7 Å². The first-order valence-electron chi connectivity index (χ1n) is 6.30. The van der Waals surface area contributed by atoms with Crippen LogP contribution in [0.5, 0.6) is 5.75 Å². The summed E-state index contributed by atoms with van der Waals surface area (Å²) in [6.45, 7) is 0.463. The first-order valence-corrected chi connectivity index (χ1v) is 8.30. The molecule has 2 rings (SSSR count). The molecule has 0 aromatic heterocycles. The summed E-state index contributed by atoms with van der Waals surface area (Å²) in [6.07, 6.45) is 1.61. The standard InChI is InChI=1S/C15H13Br2N3OS/c16-12-6-11(8-19-20-15(18)22)14(13(17)7-12)21-9-10-4-2-1-3-5-10/h1-8H,9H2,(H3,18,20,22). The molecule has 0 bridgehead atoms. The summed E-state index contributed by atoms with van der Waals surface area (Å²) in [7, 11) is 0. The molecule has 2 aromatic rings. The Kier molecular flexibility index (Phi) is 6.35. The molecule has 0 saturated heterocycles. The van der Waals surface area contributed by atoms with E-state index in [1.54, 1.807) is 6.21 Å². The molecule has 0 heterocycles. The lowest BCUT2D eigenvalue weighted by molar-refractivity contribution is 0.304. The minimum Gasteiger partial charge on any atom is -0.487 e. The Morgan fingerprint density at radius 2 is 2.00 bits per heavy atom. The summed E-state index contributed by atoms with van der Waals surface area (Å²) in [6, 6.07) is 13.8. The van der Waals surface area contributed by atoms with Crippen molar-refractivity contribution < 1.29 is 4.74 Å². The van der Waals surface area contributed by atoms with Crippen molar-refractivity contribution in [1.29, 1.82) is 0 Å². The molecule has 0 spiro atoms. The summed E-state index contributed by atoms with van der Waals surface area (Å²) in [5.74, 6) is 0.695. The molecule has 0 radical (unpaired) electrons.